The fourth-order valence-electron chi connectivity index (χ4n) is 3.86. The van der Waals surface area contributed by atoms with E-state index in [0.29, 0.717) is 12.3 Å². The summed E-state index contributed by atoms with van der Waals surface area (Å²) in [6.07, 6.45) is 2.08. The Kier molecular flexibility index (Phi) is 4.46. The van der Waals surface area contributed by atoms with E-state index in [0.717, 1.165) is 38.3 Å². The average molecular weight is 354 g/mol. The third kappa shape index (κ3) is 3.69. The lowest BCUT2D eigenvalue weighted by molar-refractivity contribution is 0.0120. The molecular formula is C19H22N4OS. The molecule has 4 rings (SSSR count). The van der Waals surface area contributed by atoms with E-state index in [4.69, 9.17) is 10.00 Å². The van der Waals surface area contributed by atoms with Crippen molar-refractivity contribution < 1.29 is 4.74 Å². The van der Waals surface area contributed by atoms with Crippen LogP contribution >= 0.6 is 11.3 Å². The highest BCUT2D eigenvalue weighted by Gasteiger charge is 2.45. The molecule has 25 heavy (non-hydrogen) atoms. The molecule has 0 aliphatic carbocycles. The molecule has 2 fully saturated rings. The van der Waals surface area contributed by atoms with Gasteiger partial charge >= 0.3 is 0 Å². The van der Waals surface area contributed by atoms with Gasteiger partial charge in [0.2, 0.25) is 0 Å². The molecule has 1 N–H and O–H groups in total. The van der Waals surface area contributed by atoms with Crippen LogP contribution in [0, 0.1) is 18.3 Å². The molecule has 1 spiro atoms. The van der Waals surface area contributed by atoms with E-state index in [1.54, 1.807) is 6.07 Å². The zero-order valence-corrected chi connectivity index (χ0v) is 15.2. The smallest absolute Gasteiger partial charge is 0.142 e. The van der Waals surface area contributed by atoms with E-state index in [9.17, 15) is 0 Å². The lowest BCUT2D eigenvalue weighted by Crippen LogP contribution is -2.33. The molecular weight excluding hydrogens is 332 g/mol. The van der Waals surface area contributed by atoms with Crippen LogP contribution in [0.25, 0.3) is 0 Å². The number of pyridine rings is 1. The molecule has 2 saturated heterocycles. The molecule has 5 nitrogen and oxygen atoms in total. The zero-order valence-electron chi connectivity index (χ0n) is 14.4. The molecule has 2 aromatic rings. The number of likely N-dealkylation sites (tertiary alicyclic amines) is 1. The van der Waals surface area contributed by atoms with Crippen LogP contribution in [-0.2, 0) is 11.3 Å². The van der Waals surface area contributed by atoms with Crippen molar-refractivity contribution in [1.82, 2.24) is 9.88 Å². The van der Waals surface area contributed by atoms with Gasteiger partial charge in [0.25, 0.3) is 0 Å². The number of nitriles is 1. The molecule has 2 aliphatic rings. The predicted molar refractivity (Wildman–Crippen MR) is 98.6 cm³/mol. The number of nitrogens with zero attached hydrogens (tertiary/aromatic N) is 3. The number of nitrogens with one attached hydrogen (secondary N) is 1. The first-order valence-electron chi connectivity index (χ1n) is 8.69. The molecule has 0 bridgehead atoms. The molecule has 130 valence electrons. The van der Waals surface area contributed by atoms with E-state index in [1.165, 1.54) is 9.75 Å². The number of anilines is 1. The second kappa shape index (κ2) is 6.75. The molecule has 2 aliphatic heterocycles. The topological polar surface area (TPSA) is 61.2 Å². The lowest BCUT2D eigenvalue weighted by Gasteiger charge is -2.23. The highest BCUT2D eigenvalue weighted by molar-refractivity contribution is 7.11. The first-order chi connectivity index (χ1) is 12.1. The summed E-state index contributed by atoms with van der Waals surface area (Å²) in [4.78, 5) is 9.61. The molecule has 4 heterocycles. The van der Waals surface area contributed by atoms with Gasteiger partial charge in [-0.1, -0.05) is 6.07 Å². The van der Waals surface area contributed by atoms with Gasteiger partial charge in [0.1, 0.15) is 17.6 Å². The minimum Gasteiger partial charge on any atom is -0.371 e. The fourth-order valence-corrected chi connectivity index (χ4v) is 4.79. The number of hydrogen-bond acceptors (Lipinski definition) is 6. The maximum Gasteiger partial charge on any atom is 0.142 e. The Labute approximate surface area is 152 Å². The number of aryl methyl sites for hydroxylation is 1. The molecule has 0 unspecified atom stereocenters. The Morgan fingerprint density at radius 1 is 1.44 bits per heavy atom. The van der Waals surface area contributed by atoms with Crippen molar-refractivity contribution in [2.24, 2.45) is 0 Å². The van der Waals surface area contributed by atoms with Crippen LogP contribution in [0.15, 0.2) is 30.3 Å². The average Bonchev–Trinajstić information content (AvgIpc) is 3.31. The Morgan fingerprint density at radius 2 is 2.36 bits per heavy atom. The van der Waals surface area contributed by atoms with Crippen molar-refractivity contribution in [2.45, 2.75) is 38.0 Å². The standard InChI is InChI=1S/C19H22N4OS/c1-14-5-6-17(25-14)11-23-8-7-19(13-23)9-16(12-24-19)22-18-4-2-3-15(10-20)21-18/h2-6,16H,7-9,11-13H2,1H3,(H,21,22)/t16-,19-/m0/s1. The highest BCUT2D eigenvalue weighted by atomic mass is 32.1. The van der Waals surface area contributed by atoms with Gasteiger partial charge in [-0.2, -0.15) is 5.26 Å². The van der Waals surface area contributed by atoms with Gasteiger partial charge in [0.15, 0.2) is 0 Å². The van der Waals surface area contributed by atoms with Gasteiger partial charge in [-0.05, 0) is 37.6 Å². The first-order valence-corrected chi connectivity index (χ1v) is 9.51. The summed E-state index contributed by atoms with van der Waals surface area (Å²) in [5.74, 6) is 0.758. The third-order valence-electron chi connectivity index (χ3n) is 5.00. The summed E-state index contributed by atoms with van der Waals surface area (Å²) in [5, 5.41) is 12.4. The molecule has 0 aromatic carbocycles. The van der Waals surface area contributed by atoms with E-state index in [-0.39, 0.29) is 11.6 Å². The SMILES string of the molecule is Cc1ccc(CN2CC[C@]3(C[C@H](Nc4cccc(C#N)n4)CO3)C2)s1. The Bertz CT molecular complexity index is 799. The molecule has 2 atom stereocenters. The Hall–Kier alpha value is -1.94. The predicted octanol–water partition coefficient (Wildman–Crippen LogP) is 3.17. The molecule has 0 saturated carbocycles. The largest absolute Gasteiger partial charge is 0.371 e. The third-order valence-corrected chi connectivity index (χ3v) is 5.98. The zero-order chi connectivity index (χ0) is 17.3. The van der Waals surface area contributed by atoms with Gasteiger partial charge in [-0.15, -0.1) is 11.3 Å². The van der Waals surface area contributed by atoms with Crippen LogP contribution in [0.1, 0.15) is 28.3 Å². The van der Waals surface area contributed by atoms with Gasteiger partial charge in [-0.25, -0.2) is 4.98 Å². The van der Waals surface area contributed by atoms with Gasteiger partial charge in [0, 0.05) is 35.8 Å². The summed E-state index contributed by atoms with van der Waals surface area (Å²) in [6, 6.07) is 12.3. The normalized spacial score (nSPS) is 26.2. The molecule has 2 aromatic heterocycles. The number of ether oxygens (including phenoxy) is 1. The molecule has 0 amide bonds. The number of hydrogen-bond donors (Lipinski definition) is 1. The molecule has 6 heteroatoms. The van der Waals surface area contributed by atoms with Gasteiger partial charge < -0.3 is 10.1 Å². The minimum atomic E-state index is -0.0309. The number of rotatable bonds is 4. The van der Waals surface area contributed by atoms with Crippen molar-refractivity contribution in [3.63, 3.8) is 0 Å². The summed E-state index contributed by atoms with van der Waals surface area (Å²) in [7, 11) is 0. The second-order valence-electron chi connectivity index (χ2n) is 7.03. The first kappa shape index (κ1) is 16.5. The van der Waals surface area contributed by atoms with Crippen molar-refractivity contribution in [2.75, 3.05) is 25.0 Å². The van der Waals surface area contributed by atoms with Crippen LogP contribution in [-0.4, -0.2) is 41.2 Å². The Morgan fingerprint density at radius 3 is 3.16 bits per heavy atom. The quantitative estimate of drug-likeness (QED) is 0.914. The van der Waals surface area contributed by atoms with Crippen molar-refractivity contribution in [1.29, 1.82) is 5.26 Å². The van der Waals surface area contributed by atoms with Crippen molar-refractivity contribution in [3.8, 4) is 6.07 Å². The van der Waals surface area contributed by atoms with Gasteiger partial charge in [-0.3, -0.25) is 4.90 Å². The fraction of sp³-hybridized carbons (Fsp3) is 0.474. The lowest BCUT2D eigenvalue weighted by atomic mass is 9.97. The van der Waals surface area contributed by atoms with E-state index >= 15 is 0 Å². The number of aromatic nitrogens is 1. The molecule has 0 radical (unpaired) electrons. The van der Waals surface area contributed by atoms with Crippen LogP contribution in [0.2, 0.25) is 0 Å². The van der Waals surface area contributed by atoms with E-state index in [1.807, 2.05) is 23.5 Å². The van der Waals surface area contributed by atoms with E-state index in [2.05, 4.69) is 40.3 Å². The van der Waals surface area contributed by atoms with Gasteiger partial charge in [0.05, 0.1) is 18.2 Å². The maximum atomic E-state index is 8.97. The Balaban J connectivity index is 1.35. The summed E-state index contributed by atoms with van der Waals surface area (Å²) >= 11 is 1.88. The number of thiophene rings is 1. The van der Waals surface area contributed by atoms with Crippen LogP contribution in [0.3, 0.4) is 0 Å². The van der Waals surface area contributed by atoms with Crippen LogP contribution in [0.5, 0.6) is 0 Å². The second-order valence-corrected chi connectivity index (χ2v) is 8.40. The monoisotopic (exact) mass is 354 g/mol. The van der Waals surface area contributed by atoms with Crippen molar-refractivity contribution in [3.05, 3.63) is 45.8 Å². The highest BCUT2D eigenvalue weighted by Crippen LogP contribution is 2.37. The van der Waals surface area contributed by atoms with E-state index < -0.39 is 0 Å². The minimum absolute atomic E-state index is 0.0309. The van der Waals surface area contributed by atoms with Crippen LogP contribution < -0.4 is 5.32 Å². The van der Waals surface area contributed by atoms with Crippen molar-refractivity contribution >= 4 is 17.2 Å². The summed E-state index contributed by atoms with van der Waals surface area (Å²) in [5.41, 5.74) is 0.411. The summed E-state index contributed by atoms with van der Waals surface area (Å²) in [6.45, 7) is 5.96. The summed E-state index contributed by atoms with van der Waals surface area (Å²) < 4.78 is 6.22. The maximum absolute atomic E-state index is 8.97. The van der Waals surface area contributed by atoms with Crippen LogP contribution in [0.4, 0.5) is 5.82 Å².